The number of halogens is 2. The van der Waals surface area contributed by atoms with Crippen molar-refractivity contribution >= 4 is 63.2 Å². The maximum absolute atomic E-state index is 12.8. The molecule has 0 unspecified atom stereocenters. The van der Waals surface area contributed by atoms with Crippen LogP contribution >= 0.6 is 46.0 Å². The zero-order valence-electron chi connectivity index (χ0n) is 11.0. The van der Waals surface area contributed by atoms with Crippen molar-refractivity contribution in [3.8, 4) is 0 Å². The smallest absolute Gasteiger partial charge is 0.258 e. The molecular weight excluding hydrogens is 419 g/mol. The number of thioether (sulfide) groups is 1. The number of nitrogens with two attached hydrogens (primary N) is 1. The third-order valence-electron chi connectivity index (χ3n) is 3.26. The quantitative estimate of drug-likeness (QED) is 0.543. The summed E-state index contributed by atoms with van der Waals surface area (Å²) in [6.07, 6.45) is 0. The molecule has 3 rings (SSSR count). The fourth-order valence-corrected chi connectivity index (χ4v) is 3.72. The molecule has 0 saturated heterocycles. The van der Waals surface area contributed by atoms with Gasteiger partial charge in [-0.2, -0.15) is 0 Å². The van der Waals surface area contributed by atoms with Gasteiger partial charge in [0.1, 0.15) is 0 Å². The first-order valence-corrected chi connectivity index (χ1v) is 8.80. The predicted molar refractivity (Wildman–Crippen MR) is 97.4 cm³/mol. The number of amides is 1. The van der Waals surface area contributed by atoms with Crippen molar-refractivity contribution in [3.63, 3.8) is 0 Å². The Labute approximate surface area is 146 Å². The molecule has 0 bridgehead atoms. The standard InChI is InChI=1S/C15H12ClIN2OS/c16-11-7-9(1-3-12(11)17)15(20)19-5-6-21-14-4-2-10(18)8-13(14)19/h1-4,7-8H,5-6,18H2. The molecule has 21 heavy (non-hydrogen) atoms. The first-order valence-electron chi connectivity index (χ1n) is 6.35. The number of carbonyl (C=O) groups is 1. The van der Waals surface area contributed by atoms with Gasteiger partial charge in [-0.15, -0.1) is 11.8 Å². The van der Waals surface area contributed by atoms with Gasteiger partial charge >= 0.3 is 0 Å². The van der Waals surface area contributed by atoms with E-state index in [2.05, 4.69) is 22.6 Å². The number of nitrogens with zero attached hydrogens (tertiary/aromatic N) is 1. The minimum absolute atomic E-state index is 0.0412. The van der Waals surface area contributed by atoms with Crippen molar-refractivity contribution in [2.45, 2.75) is 4.90 Å². The lowest BCUT2D eigenvalue weighted by Crippen LogP contribution is -2.35. The van der Waals surface area contributed by atoms with Gasteiger partial charge in [0, 0.05) is 32.0 Å². The molecule has 2 N–H and O–H groups in total. The number of anilines is 2. The molecule has 0 spiro atoms. The Hall–Kier alpha value is -0.920. The summed E-state index contributed by atoms with van der Waals surface area (Å²) in [4.78, 5) is 15.6. The van der Waals surface area contributed by atoms with Crippen molar-refractivity contribution in [1.29, 1.82) is 0 Å². The third-order valence-corrected chi connectivity index (χ3v) is 5.87. The summed E-state index contributed by atoms with van der Waals surface area (Å²) in [6.45, 7) is 0.670. The Morgan fingerprint density at radius 3 is 2.86 bits per heavy atom. The maximum Gasteiger partial charge on any atom is 0.258 e. The second-order valence-electron chi connectivity index (χ2n) is 4.66. The third kappa shape index (κ3) is 3.00. The van der Waals surface area contributed by atoms with E-state index in [0.29, 0.717) is 22.8 Å². The highest BCUT2D eigenvalue weighted by atomic mass is 127. The summed E-state index contributed by atoms with van der Waals surface area (Å²) in [5.74, 6) is 0.835. The van der Waals surface area contributed by atoms with Crippen molar-refractivity contribution in [2.75, 3.05) is 22.9 Å². The van der Waals surface area contributed by atoms with Crippen LogP contribution in [0.5, 0.6) is 0 Å². The molecule has 3 nitrogen and oxygen atoms in total. The van der Waals surface area contributed by atoms with Crippen molar-refractivity contribution < 1.29 is 4.79 Å². The van der Waals surface area contributed by atoms with E-state index < -0.39 is 0 Å². The molecular formula is C15H12ClIN2OS. The van der Waals surface area contributed by atoms with E-state index in [1.165, 1.54) is 0 Å². The minimum atomic E-state index is -0.0412. The van der Waals surface area contributed by atoms with Gasteiger partial charge in [-0.05, 0) is 59.0 Å². The van der Waals surface area contributed by atoms with Crippen LogP contribution in [-0.4, -0.2) is 18.2 Å². The molecule has 0 aliphatic carbocycles. The summed E-state index contributed by atoms with van der Waals surface area (Å²) < 4.78 is 0.935. The van der Waals surface area contributed by atoms with Crippen LogP contribution in [0, 0.1) is 3.57 Å². The van der Waals surface area contributed by atoms with Crippen molar-refractivity contribution in [3.05, 3.63) is 50.6 Å². The number of rotatable bonds is 1. The lowest BCUT2D eigenvalue weighted by molar-refractivity contribution is 0.0987. The molecule has 1 amide bonds. The second-order valence-corrected chi connectivity index (χ2v) is 7.37. The van der Waals surface area contributed by atoms with E-state index in [1.54, 1.807) is 22.7 Å². The maximum atomic E-state index is 12.8. The molecule has 108 valence electrons. The van der Waals surface area contributed by atoms with Gasteiger partial charge < -0.3 is 10.6 Å². The van der Waals surface area contributed by atoms with Gasteiger partial charge in [-0.1, -0.05) is 11.6 Å². The number of hydrogen-bond acceptors (Lipinski definition) is 3. The van der Waals surface area contributed by atoms with Gasteiger partial charge in [0.05, 0.1) is 10.7 Å². The molecule has 1 aliphatic rings. The van der Waals surface area contributed by atoms with Crippen LogP contribution < -0.4 is 10.6 Å². The number of carbonyl (C=O) groups excluding carboxylic acids is 1. The van der Waals surface area contributed by atoms with Crippen LogP contribution in [0.3, 0.4) is 0 Å². The number of hydrogen-bond donors (Lipinski definition) is 1. The predicted octanol–water partition coefficient (Wildman–Crippen LogP) is 4.28. The van der Waals surface area contributed by atoms with Crippen LogP contribution in [0.4, 0.5) is 11.4 Å². The summed E-state index contributed by atoms with van der Waals surface area (Å²) in [5.41, 5.74) is 8.00. The Balaban J connectivity index is 1.99. The Kier molecular flexibility index (Phi) is 4.33. The number of fused-ring (bicyclic) bond motifs is 1. The first kappa shape index (κ1) is 15.0. The fraction of sp³-hybridized carbons (Fsp3) is 0.133. The Morgan fingerprint density at radius 1 is 1.29 bits per heavy atom. The molecule has 2 aromatic carbocycles. The van der Waals surface area contributed by atoms with Crippen LogP contribution in [0.1, 0.15) is 10.4 Å². The summed E-state index contributed by atoms with van der Waals surface area (Å²) in [7, 11) is 0. The Morgan fingerprint density at radius 2 is 2.10 bits per heavy atom. The molecule has 0 saturated carbocycles. The van der Waals surface area contributed by atoms with Gasteiger partial charge in [-0.25, -0.2) is 0 Å². The van der Waals surface area contributed by atoms with Crippen molar-refractivity contribution in [2.24, 2.45) is 0 Å². The molecule has 2 aromatic rings. The zero-order valence-corrected chi connectivity index (χ0v) is 14.7. The average Bonchev–Trinajstić information content (AvgIpc) is 2.48. The summed E-state index contributed by atoms with van der Waals surface area (Å²) >= 11 is 10.0. The number of nitrogen functional groups attached to an aromatic ring is 1. The largest absolute Gasteiger partial charge is 0.399 e. The highest BCUT2D eigenvalue weighted by Gasteiger charge is 2.24. The van der Waals surface area contributed by atoms with E-state index in [0.717, 1.165) is 19.9 Å². The average molecular weight is 431 g/mol. The highest BCUT2D eigenvalue weighted by Crippen LogP contribution is 2.37. The van der Waals surface area contributed by atoms with Crippen molar-refractivity contribution in [1.82, 2.24) is 0 Å². The zero-order chi connectivity index (χ0) is 15.0. The highest BCUT2D eigenvalue weighted by molar-refractivity contribution is 14.1. The fourth-order valence-electron chi connectivity index (χ4n) is 2.23. The topological polar surface area (TPSA) is 46.3 Å². The number of benzene rings is 2. The Bertz CT molecular complexity index is 723. The van der Waals surface area contributed by atoms with Crippen LogP contribution in [0.25, 0.3) is 0 Å². The first-order chi connectivity index (χ1) is 10.1. The molecule has 0 aromatic heterocycles. The lowest BCUT2D eigenvalue weighted by Gasteiger charge is -2.29. The molecule has 1 aliphatic heterocycles. The molecule has 0 fully saturated rings. The summed E-state index contributed by atoms with van der Waals surface area (Å²) in [5, 5.41) is 0.598. The minimum Gasteiger partial charge on any atom is -0.399 e. The monoisotopic (exact) mass is 430 g/mol. The van der Waals surface area contributed by atoms with Gasteiger partial charge in [-0.3, -0.25) is 4.79 Å². The van der Waals surface area contributed by atoms with Gasteiger partial charge in [0.25, 0.3) is 5.91 Å². The molecule has 6 heteroatoms. The molecule has 0 radical (unpaired) electrons. The van der Waals surface area contributed by atoms with E-state index in [9.17, 15) is 4.79 Å². The van der Waals surface area contributed by atoms with Crippen LogP contribution in [0.2, 0.25) is 5.02 Å². The SMILES string of the molecule is Nc1ccc2c(c1)N(C(=O)c1ccc(I)c(Cl)c1)CCS2. The van der Waals surface area contributed by atoms with E-state index in [-0.39, 0.29) is 5.91 Å². The van der Waals surface area contributed by atoms with E-state index in [4.69, 9.17) is 17.3 Å². The van der Waals surface area contributed by atoms with E-state index in [1.807, 2.05) is 30.3 Å². The van der Waals surface area contributed by atoms with Crippen LogP contribution in [-0.2, 0) is 0 Å². The summed E-state index contributed by atoms with van der Waals surface area (Å²) in [6, 6.07) is 11.1. The van der Waals surface area contributed by atoms with Crippen LogP contribution in [0.15, 0.2) is 41.3 Å². The molecule has 1 heterocycles. The van der Waals surface area contributed by atoms with Gasteiger partial charge in [0.2, 0.25) is 0 Å². The molecule has 0 atom stereocenters. The van der Waals surface area contributed by atoms with E-state index >= 15 is 0 Å². The van der Waals surface area contributed by atoms with Gasteiger partial charge in [0.15, 0.2) is 0 Å². The second kappa shape index (κ2) is 6.06. The normalized spacial score (nSPS) is 13.9. The lowest BCUT2D eigenvalue weighted by atomic mass is 10.1.